The van der Waals surface area contributed by atoms with Gasteiger partial charge in [0.2, 0.25) is 0 Å². The van der Waals surface area contributed by atoms with Crippen molar-refractivity contribution in [2.45, 2.75) is 67.4 Å². The third-order valence-corrected chi connectivity index (χ3v) is 5.95. The van der Waals surface area contributed by atoms with E-state index in [1.54, 1.807) is 18.8 Å². The molecular weight excluding hydrogens is 288 g/mol. The zero-order chi connectivity index (χ0) is 14.9. The molecule has 0 radical (unpaired) electrons. The molecule has 0 aromatic carbocycles. The normalized spacial score (nSPS) is 29.1. The molecule has 6 nitrogen and oxygen atoms in total. The summed E-state index contributed by atoms with van der Waals surface area (Å²) in [6.07, 6.45) is 6.85. The average molecular weight is 310 g/mol. The number of nitrogens with one attached hydrogen (secondary N) is 1. The van der Waals surface area contributed by atoms with Crippen LogP contribution in [0.25, 0.3) is 0 Å². The summed E-state index contributed by atoms with van der Waals surface area (Å²) in [5, 5.41) is 22.3. The van der Waals surface area contributed by atoms with E-state index in [1.807, 2.05) is 0 Å². The van der Waals surface area contributed by atoms with Gasteiger partial charge in [-0.15, -0.1) is 10.2 Å². The van der Waals surface area contributed by atoms with Gasteiger partial charge in [-0.05, 0) is 39.2 Å². The van der Waals surface area contributed by atoms with Crippen LogP contribution in [0, 0.1) is 0 Å². The predicted molar refractivity (Wildman–Crippen MR) is 80.5 cm³/mol. The van der Waals surface area contributed by atoms with E-state index in [0.717, 1.165) is 30.4 Å². The smallest absolute Gasteiger partial charge is 0.323 e. The molecule has 2 aliphatic rings. The first-order valence-corrected chi connectivity index (χ1v) is 8.54. The Bertz CT molecular complexity index is 533. The summed E-state index contributed by atoms with van der Waals surface area (Å²) in [6, 6.07) is 0. The number of nitrogens with zero attached hydrogens (tertiary/aromatic N) is 3. The van der Waals surface area contributed by atoms with Crippen molar-refractivity contribution in [1.29, 1.82) is 0 Å². The highest BCUT2D eigenvalue weighted by Crippen LogP contribution is 2.40. The molecule has 0 bridgehead atoms. The molecule has 1 aromatic heterocycles. The first-order valence-electron chi connectivity index (χ1n) is 7.66. The molecule has 1 saturated carbocycles. The van der Waals surface area contributed by atoms with Crippen molar-refractivity contribution in [3.05, 3.63) is 5.82 Å². The number of carbonyl (C=O) groups is 1. The third kappa shape index (κ3) is 2.81. The van der Waals surface area contributed by atoms with Crippen molar-refractivity contribution < 1.29 is 9.90 Å². The minimum Gasteiger partial charge on any atom is -0.480 e. The highest BCUT2D eigenvalue weighted by molar-refractivity contribution is 7.99. The largest absolute Gasteiger partial charge is 0.480 e. The topological polar surface area (TPSA) is 80.0 Å². The first kappa shape index (κ1) is 14.8. The van der Waals surface area contributed by atoms with E-state index in [9.17, 15) is 9.90 Å². The van der Waals surface area contributed by atoms with Crippen LogP contribution in [0.1, 0.15) is 44.3 Å². The van der Waals surface area contributed by atoms with E-state index in [4.69, 9.17) is 0 Å². The van der Waals surface area contributed by atoms with Crippen LogP contribution >= 0.6 is 11.8 Å². The van der Waals surface area contributed by atoms with Crippen LogP contribution in [0.2, 0.25) is 0 Å². The molecule has 1 aliphatic heterocycles. The van der Waals surface area contributed by atoms with E-state index in [-0.39, 0.29) is 0 Å². The Morgan fingerprint density at radius 1 is 1.43 bits per heavy atom. The van der Waals surface area contributed by atoms with Gasteiger partial charge in [-0.25, -0.2) is 0 Å². The fourth-order valence-electron chi connectivity index (χ4n) is 3.32. The van der Waals surface area contributed by atoms with Crippen molar-refractivity contribution in [1.82, 2.24) is 20.1 Å². The van der Waals surface area contributed by atoms with Crippen molar-refractivity contribution in [2.75, 3.05) is 7.05 Å². The summed E-state index contributed by atoms with van der Waals surface area (Å²) in [7, 11) is 1.74. The molecule has 0 spiro atoms. The maximum atomic E-state index is 11.5. The Hall–Kier alpha value is -1.08. The average Bonchev–Trinajstić information content (AvgIpc) is 2.98. The maximum Gasteiger partial charge on any atom is 0.323 e. The number of thioether (sulfide) groups is 1. The number of aryl methyl sites for hydroxylation is 1. The molecule has 3 rings (SSSR count). The summed E-state index contributed by atoms with van der Waals surface area (Å²) < 4.78 is 2.23. The molecule has 116 valence electrons. The monoisotopic (exact) mass is 310 g/mol. The number of hydrogen-bond donors (Lipinski definition) is 2. The molecule has 2 N–H and O–H groups in total. The number of fused-ring (bicyclic) bond motifs is 1. The van der Waals surface area contributed by atoms with E-state index < -0.39 is 11.5 Å². The quantitative estimate of drug-likeness (QED) is 0.881. The Kier molecular flexibility index (Phi) is 4.21. The summed E-state index contributed by atoms with van der Waals surface area (Å²) in [6.45, 7) is 0.994. The van der Waals surface area contributed by atoms with Crippen molar-refractivity contribution in [3.8, 4) is 0 Å². The van der Waals surface area contributed by atoms with Crippen LogP contribution in [0.3, 0.4) is 0 Å². The highest BCUT2D eigenvalue weighted by atomic mass is 32.2. The minimum atomic E-state index is -0.765. The second-order valence-electron chi connectivity index (χ2n) is 5.98. The number of aliphatic carboxylic acids is 1. The summed E-state index contributed by atoms with van der Waals surface area (Å²) >= 11 is 1.70. The zero-order valence-electron chi connectivity index (χ0n) is 12.3. The summed E-state index contributed by atoms with van der Waals surface area (Å²) in [5.41, 5.74) is -0.765. The predicted octanol–water partition coefficient (Wildman–Crippen LogP) is 1.69. The van der Waals surface area contributed by atoms with Gasteiger partial charge in [0, 0.05) is 18.2 Å². The molecule has 0 amide bonds. The number of likely N-dealkylation sites (N-methyl/N-ethyl adjacent to an activating group) is 1. The molecule has 2 atom stereocenters. The van der Waals surface area contributed by atoms with Gasteiger partial charge >= 0.3 is 5.97 Å². The lowest BCUT2D eigenvalue weighted by Gasteiger charge is -2.23. The molecule has 21 heavy (non-hydrogen) atoms. The lowest BCUT2D eigenvalue weighted by Crippen LogP contribution is -2.48. The van der Waals surface area contributed by atoms with Crippen molar-refractivity contribution >= 4 is 17.7 Å². The minimum absolute atomic E-state index is 0.296. The van der Waals surface area contributed by atoms with E-state index in [2.05, 4.69) is 20.1 Å². The van der Waals surface area contributed by atoms with Crippen LogP contribution in [0.5, 0.6) is 0 Å². The number of aromatic nitrogens is 3. The van der Waals surface area contributed by atoms with E-state index in [1.165, 1.54) is 19.3 Å². The number of carboxylic acids is 1. The van der Waals surface area contributed by atoms with Crippen LogP contribution in [-0.4, -0.2) is 43.7 Å². The molecule has 7 heteroatoms. The van der Waals surface area contributed by atoms with Crippen molar-refractivity contribution in [2.24, 2.45) is 0 Å². The van der Waals surface area contributed by atoms with Crippen LogP contribution < -0.4 is 5.32 Å². The van der Waals surface area contributed by atoms with Gasteiger partial charge in [0.15, 0.2) is 5.16 Å². The van der Waals surface area contributed by atoms with Crippen LogP contribution in [-0.2, 0) is 17.8 Å². The molecule has 1 fully saturated rings. The lowest BCUT2D eigenvalue weighted by molar-refractivity contribution is -0.144. The molecule has 0 saturated heterocycles. The SMILES string of the molecule is CNC1(C(=O)O)CCC(Sc2nnc3n2CCCCC3)C1. The Balaban J connectivity index is 1.71. The first-order chi connectivity index (χ1) is 10.1. The second-order valence-corrected chi connectivity index (χ2v) is 7.25. The Morgan fingerprint density at radius 3 is 3.00 bits per heavy atom. The molecule has 2 heterocycles. The lowest BCUT2D eigenvalue weighted by atomic mass is 9.99. The number of hydrogen-bond acceptors (Lipinski definition) is 5. The maximum absolute atomic E-state index is 11.5. The second kappa shape index (κ2) is 5.96. The standard InChI is InChI=1S/C14H22N4O2S/c1-15-14(12(19)20)7-6-10(9-14)21-13-17-16-11-5-3-2-4-8-18(11)13/h10,15H,2-9H2,1H3,(H,19,20). The fraction of sp³-hybridized carbons (Fsp3) is 0.786. The van der Waals surface area contributed by atoms with E-state index >= 15 is 0 Å². The fourth-order valence-corrected chi connectivity index (χ4v) is 4.64. The molecule has 1 aliphatic carbocycles. The third-order valence-electron chi connectivity index (χ3n) is 4.70. The number of carboxylic acid groups (broad SMARTS) is 1. The van der Waals surface area contributed by atoms with E-state index in [0.29, 0.717) is 18.1 Å². The molecular formula is C14H22N4O2S. The summed E-state index contributed by atoms with van der Waals surface area (Å²) in [5.74, 6) is 0.347. The summed E-state index contributed by atoms with van der Waals surface area (Å²) in [4.78, 5) is 11.5. The Morgan fingerprint density at radius 2 is 2.29 bits per heavy atom. The van der Waals surface area contributed by atoms with Crippen LogP contribution in [0.15, 0.2) is 5.16 Å². The van der Waals surface area contributed by atoms with Gasteiger partial charge in [0.1, 0.15) is 11.4 Å². The van der Waals surface area contributed by atoms with Gasteiger partial charge < -0.3 is 15.0 Å². The van der Waals surface area contributed by atoms with Gasteiger partial charge in [0.25, 0.3) is 0 Å². The number of rotatable bonds is 4. The van der Waals surface area contributed by atoms with Gasteiger partial charge in [0.05, 0.1) is 0 Å². The molecule has 1 aromatic rings. The van der Waals surface area contributed by atoms with Crippen LogP contribution in [0.4, 0.5) is 0 Å². The van der Waals surface area contributed by atoms with Crippen molar-refractivity contribution in [3.63, 3.8) is 0 Å². The molecule has 2 unspecified atom stereocenters. The highest BCUT2D eigenvalue weighted by Gasteiger charge is 2.45. The van der Waals surface area contributed by atoms with Gasteiger partial charge in [-0.2, -0.15) is 0 Å². The zero-order valence-corrected chi connectivity index (χ0v) is 13.2. The van der Waals surface area contributed by atoms with Gasteiger partial charge in [-0.1, -0.05) is 18.2 Å². The Labute approximate surface area is 128 Å². The van der Waals surface area contributed by atoms with Gasteiger partial charge in [-0.3, -0.25) is 4.79 Å².